The van der Waals surface area contributed by atoms with Gasteiger partial charge in [0, 0.05) is 21.7 Å². The summed E-state index contributed by atoms with van der Waals surface area (Å²) in [5, 5.41) is 3.25. The molecule has 2 aromatic carbocycles. The van der Waals surface area contributed by atoms with Gasteiger partial charge >= 0.3 is 29.6 Å². The van der Waals surface area contributed by atoms with Gasteiger partial charge < -0.3 is 4.55 Å². The Labute approximate surface area is 189 Å². The molecule has 29 heavy (non-hydrogen) atoms. The van der Waals surface area contributed by atoms with Crippen molar-refractivity contribution in [3.63, 3.8) is 0 Å². The van der Waals surface area contributed by atoms with Gasteiger partial charge in [-0.15, -0.1) is 0 Å². The Morgan fingerprint density at radius 1 is 1.14 bits per heavy atom. The number of rotatable bonds is 7. The largest absolute Gasteiger partial charge is 1.00 e. The van der Waals surface area contributed by atoms with Crippen LogP contribution in [0.2, 0.25) is 0 Å². The van der Waals surface area contributed by atoms with E-state index >= 15 is 0 Å². The molecule has 2 rings (SSSR count). The molecule has 0 fully saturated rings. The second kappa shape index (κ2) is 10.3. The van der Waals surface area contributed by atoms with E-state index in [2.05, 4.69) is 16.6 Å². The van der Waals surface area contributed by atoms with Gasteiger partial charge in [0.2, 0.25) is 0 Å². The average Bonchev–Trinajstić information content (AvgIpc) is 2.65. The molecule has 2 aromatic rings. The minimum Gasteiger partial charge on any atom is -0.744 e. The van der Waals surface area contributed by atoms with Gasteiger partial charge in [-0.25, -0.2) is 8.42 Å². The maximum absolute atomic E-state index is 12.3. The van der Waals surface area contributed by atoms with E-state index in [1.54, 1.807) is 6.92 Å². The van der Waals surface area contributed by atoms with E-state index in [4.69, 9.17) is 5.53 Å². The third-order valence-electron chi connectivity index (χ3n) is 3.66. The van der Waals surface area contributed by atoms with Crippen LogP contribution in [0.3, 0.4) is 0 Å². The summed E-state index contributed by atoms with van der Waals surface area (Å²) in [4.78, 5) is 26.0. The fourth-order valence-electron chi connectivity index (χ4n) is 2.29. The summed E-state index contributed by atoms with van der Waals surface area (Å²) in [6.07, 6.45) is 2.28. The zero-order valence-corrected chi connectivity index (χ0v) is 18.5. The van der Waals surface area contributed by atoms with E-state index in [0.29, 0.717) is 11.1 Å². The molecule has 8 nitrogen and oxygen atoms in total. The first-order valence-electron chi connectivity index (χ1n) is 7.81. The van der Waals surface area contributed by atoms with Crippen LogP contribution in [0.5, 0.6) is 0 Å². The standard InChI is InChI=1S/C19H15N3O5S.Na/c1-12(2)19(24)15-5-3-13(4-6-15)17(23)10-8-14-7-9-16(21-22-20)11-18(14)28(25,26)27;/h3-11H,1H2,2H3,(H,25,26,27);/q;+1/p-1. The van der Waals surface area contributed by atoms with Crippen molar-refractivity contribution in [1.29, 1.82) is 0 Å². The molecule has 0 heterocycles. The third-order valence-corrected chi connectivity index (χ3v) is 4.55. The van der Waals surface area contributed by atoms with Crippen molar-refractivity contribution in [2.45, 2.75) is 11.8 Å². The first kappa shape index (κ1) is 24.5. The first-order valence-corrected chi connectivity index (χ1v) is 9.22. The Balaban J connectivity index is 0.00000420. The summed E-state index contributed by atoms with van der Waals surface area (Å²) in [6.45, 7) is 5.15. The molecule has 0 unspecified atom stereocenters. The van der Waals surface area contributed by atoms with Gasteiger partial charge in [0.15, 0.2) is 11.6 Å². The second-order valence-corrected chi connectivity index (χ2v) is 7.10. The smallest absolute Gasteiger partial charge is 0.744 e. The van der Waals surface area contributed by atoms with Crippen LogP contribution in [-0.4, -0.2) is 24.5 Å². The van der Waals surface area contributed by atoms with Crippen molar-refractivity contribution >= 4 is 33.4 Å². The van der Waals surface area contributed by atoms with Crippen molar-refractivity contribution in [3.05, 3.63) is 87.8 Å². The normalized spacial score (nSPS) is 10.7. The summed E-state index contributed by atoms with van der Waals surface area (Å²) in [5.41, 5.74) is 9.38. The van der Waals surface area contributed by atoms with Crippen molar-refractivity contribution in [3.8, 4) is 0 Å². The quantitative estimate of drug-likeness (QED) is 0.126. The number of nitrogens with zero attached hydrogens (tertiary/aromatic N) is 3. The monoisotopic (exact) mass is 419 g/mol. The Morgan fingerprint density at radius 3 is 2.24 bits per heavy atom. The summed E-state index contributed by atoms with van der Waals surface area (Å²) < 4.78 is 34.3. The predicted octanol–water partition coefficient (Wildman–Crippen LogP) is 1.19. The van der Waals surface area contributed by atoms with Crippen molar-refractivity contribution in [2.75, 3.05) is 0 Å². The topological polar surface area (TPSA) is 140 Å². The molecule has 0 saturated heterocycles. The summed E-state index contributed by atoms with van der Waals surface area (Å²) >= 11 is 0. The third kappa shape index (κ3) is 6.50. The molecule has 0 radical (unpaired) electrons. The van der Waals surface area contributed by atoms with E-state index in [1.165, 1.54) is 42.5 Å². The van der Waals surface area contributed by atoms with Gasteiger partial charge in [0.05, 0.1) is 4.90 Å². The SMILES string of the molecule is C=C(C)C(=O)c1ccc(C(=O)C=Cc2ccc(N=[N+]=[N-])cc2S(=O)(=O)[O-])cc1.[Na+]. The number of hydrogen-bond donors (Lipinski definition) is 0. The van der Waals surface area contributed by atoms with Crippen molar-refractivity contribution in [2.24, 2.45) is 5.11 Å². The molecule has 0 aromatic heterocycles. The number of carbonyl (C=O) groups excluding carboxylic acids is 2. The fourth-order valence-corrected chi connectivity index (χ4v) is 2.97. The fraction of sp³-hybridized carbons (Fsp3) is 0.0526. The zero-order chi connectivity index (χ0) is 20.9. The molecule has 0 aliphatic carbocycles. The summed E-state index contributed by atoms with van der Waals surface area (Å²) in [5.74, 6) is -0.692. The Kier molecular flexibility index (Phi) is 8.72. The second-order valence-electron chi connectivity index (χ2n) is 5.75. The van der Waals surface area contributed by atoms with Crippen LogP contribution in [0.15, 0.2) is 70.7 Å². The zero-order valence-electron chi connectivity index (χ0n) is 15.7. The number of ketones is 2. The molecular weight excluding hydrogens is 405 g/mol. The molecule has 0 atom stereocenters. The molecule has 0 N–H and O–H groups in total. The minimum atomic E-state index is -4.85. The molecule has 0 spiro atoms. The Hall–Kier alpha value is -2.52. The number of Topliss-reactive ketones (excluding diaryl/α,β-unsaturated/α-hetero) is 1. The number of carbonyl (C=O) groups is 2. The van der Waals surface area contributed by atoms with Crippen molar-refractivity contribution < 1.29 is 52.1 Å². The van der Waals surface area contributed by atoms with Gasteiger partial charge in [0.25, 0.3) is 0 Å². The van der Waals surface area contributed by atoms with Gasteiger partial charge in [-0.2, -0.15) is 0 Å². The maximum atomic E-state index is 12.3. The van der Waals surface area contributed by atoms with Gasteiger partial charge in [-0.05, 0) is 41.8 Å². The van der Waals surface area contributed by atoms with E-state index in [9.17, 15) is 22.6 Å². The van der Waals surface area contributed by atoms with Crippen LogP contribution in [0, 0.1) is 0 Å². The number of azide groups is 1. The Bertz CT molecular complexity index is 1150. The minimum absolute atomic E-state index is 0. The molecular formula is C19H14N3NaO5S. The molecule has 0 amide bonds. The number of allylic oxidation sites excluding steroid dienone is 2. The average molecular weight is 419 g/mol. The van der Waals surface area contributed by atoms with Crippen LogP contribution in [0.4, 0.5) is 5.69 Å². The van der Waals surface area contributed by atoms with Gasteiger partial charge in [0.1, 0.15) is 10.1 Å². The van der Waals surface area contributed by atoms with Crippen molar-refractivity contribution in [1.82, 2.24) is 0 Å². The molecule has 142 valence electrons. The van der Waals surface area contributed by atoms with Crippen LogP contribution >= 0.6 is 0 Å². The van der Waals surface area contributed by atoms with Gasteiger partial charge in [-0.1, -0.05) is 48.1 Å². The van der Waals surface area contributed by atoms with Gasteiger partial charge in [-0.3, -0.25) is 9.59 Å². The molecule has 10 heteroatoms. The van der Waals surface area contributed by atoms with E-state index in [-0.39, 0.29) is 52.2 Å². The summed E-state index contributed by atoms with van der Waals surface area (Å²) in [6, 6.07) is 9.40. The molecule has 0 aliphatic heterocycles. The number of benzene rings is 2. The van der Waals surface area contributed by atoms with Crippen LogP contribution in [0.1, 0.15) is 33.2 Å². The molecule has 0 aliphatic rings. The summed E-state index contributed by atoms with van der Waals surface area (Å²) in [7, 11) is -4.85. The van der Waals surface area contributed by atoms with Crippen LogP contribution < -0.4 is 29.6 Å². The van der Waals surface area contributed by atoms with Crippen LogP contribution in [0.25, 0.3) is 16.5 Å². The number of hydrogen-bond acceptors (Lipinski definition) is 6. The van der Waals surface area contributed by atoms with E-state index < -0.39 is 20.8 Å². The molecule has 0 saturated carbocycles. The van der Waals surface area contributed by atoms with E-state index in [1.807, 2.05) is 0 Å². The van der Waals surface area contributed by atoms with Crippen LogP contribution in [-0.2, 0) is 10.1 Å². The predicted molar refractivity (Wildman–Crippen MR) is 102 cm³/mol. The first-order chi connectivity index (χ1) is 13.1. The Morgan fingerprint density at radius 2 is 1.72 bits per heavy atom. The van der Waals surface area contributed by atoms with E-state index in [0.717, 1.165) is 12.1 Å². The molecule has 0 bridgehead atoms. The maximum Gasteiger partial charge on any atom is 1.00 e.